The molecule has 8 nitrogen and oxygen atoms in total. The molecule has 3 aromatic rings. The molecule has 1 saturated heterocycles. The van der Waals surface area contributed by atoms with E-state index >= 15 is 0 Å². The first-order chi connectivity index (χ1) is 16.3. The summed E-state index contributed by atoms with van der Waals surface area (Å²) in [6.07, 6.45) is 1.69. The molecule has 1 aliphatic heterocycles. The molecule has 2 unspecified atom stereocenters. The van der Waals surface area contributed by atoms with Crippen LogP contribution in [-0.2, 0) is 9.47 Å². The summed E-state index contributed by atoms with van der Waals surface area (Å²) in [7, 11) is 0. The molecule has 2 aromatic heterocycles. The van der Waals surface area contributed by atoms with Gasteiger partial charge in [0.1, 0.15) is 35.5 Å². The van der Waals surface area contributed by atoms with E-state index in [0.29, 0.717) is 0 Å². The van der Waals surface area contributed by atoms with Gasteiger partial charge in [-0.1, -0.05) is 17.0 Å². The number of thioether (sulfide) groups is 1. The van der Waals surface area contributed by atoms with E-state index in [2.05, 4.69) is 31.2 Å². The Kier molecular flexibility index (Phi) is 7.90. The van der Waals surface area contributed by atoms with E-state index < -0.39 is 53.8 Å². The van der Waals surface area contributed by atoms with Crippen LogP contribution in [0.3, 0.4) is 0 Å². The summed E-state index contributed by atoms with van der Waals surface area (Å²) in [6.45, 7) is 1.59. The van der Waals surface area contributed by atoms with Crippen molar-refractivity contribution in [2.75, 3.05) is 13.2 Å². The number of aliphatic hydroxyl groups excluding tert-OH is 2. The maximum Gasteiger partial charge on any atom is 0.194 e. The van der Waals surface area contributed by atoms with Crippen LogP contribution in [0, 0.1) is 17.5 Å². The third-order valence-corrected chi connectivity index (χ3v) is 6.75. The van der Waals surface area contributed by atoms with Crippen molar-refractivity contribution in [2.24, 2.45) is 0 Å². The molecule has 34 heavy (non-hydrogen) atoms. The van der Waals surface area contributed by atoms with Crippen molar-refractivity contribution in [3.8, 4) is 11.3 Å². The molecule has 13 heteroatoms. The van der Waals surface area contributed by atoms with E-state index in [9.17, 15) is 23.4 Å². The highest BCUT2D eigenvalue weighted by molar-refractivity contribution is 9.10. The molecule has 182 valence electrons. The summed E-state index contributed by atoms with van der Waals surface area (Å²) in [4.78, 5) is 4.89. The van der Waals surface area contributed by atoms with Crippen LogP contribution in [0.2, 0.25) is 0 Å². The predicted molar refractivity (Wildman–Crippen MR) is 119 cm³/mol. The molecular formula is C21H20BrF3N4O4S. The fraction of sp³-hybridized carbons (Fsp3) is 0.381. The minimum absolute atomic E-state index is 0.0259. The van der Waals surface area contributed by atoms with Crippen molar-refractivity contribution in [3.05, 3.63) is 58.7 Å². The third-order valence-electron chi connectivity index (χ3n) is 5.21. The highest BCUT2D eigenvalue weighted by atomic mass is 79.9. The van der Waals surface area contributed by atoms with Crippen molar-refractivity contribution in [1.29, 1.82) is 0 Å². The quantitative estimate of drug-likeness (QED) is 0.424. The Balaban J connectivity index is 1.69. The molecule has 0 saturated carbocycles. The van der Waals surface area contributed by atoms with Gasteiger partial charge in [0, 0.05) is 33.9 Å². The maximum atomic E-state index is 13.7. The smallest absolute Gasteiger partial charge is 0.194 e. The number of hydrogen-bond donors (Lipinski definition) is 2. The van der Waals surface area contributed by atoms with Crippen LogP contribution < -0.4 is 0 Å². The Hall–Kier alpha value is -2.03. The second-order valence-corrected chi connectivity index (χ2v) is 9.51. The van der Waals surface area contributed by atoms with E-state index in [1.165, 1.54) is 22.6 Å². The van der Waals surface area contributed by atoms with Crippen LogP contribution in [0.15, 0.2) is 46.2 Å². The first-order valence-corrected chi connectivity index (χ1v) is 11.9. The zero-order valence-corrected chi connectivity index (χ0v) is 20.1. The molecule has 1 fully saturated rings. The van der Waals surface area contributed by atoms with Gasteiger partial charge in [-0.2, -0.15) is 0 Å². The zero-order chi connectivity index (χ0) is 24.4. The monoisotopic (exact) mass is 560 g/mol. The highest BCUT2D eigenvalue weighted by Gasteiger charge is 2.47. The molecule has 1 aromatic carbocycles. The molecule has 1 aliphatic rings. The summed E-state index contributed by atoms with van der Waals surface area (Å²) in [5, 5.41) is 28.7. The largest absolute Gasteiger partial charge is 0.394 e. The second-order valence-electron chi connectivity index (χ2n) is 7.42. The maximum absolute atomic E-state index is 13.7. The van der Waals surface area contributed by atoms with Gasteiger partial charge < -0.3 is 19.7 Å². The van der Waals surface area contributed by atoms with Crippen molar-refractivity contribution in [2.45, 2.75) is 41.6 Å². The number of ether oxygens (including phenoxy) is 2. The minimum atomic E-state index is -1.58. The van der Waals surface area contributed by atoms with Gasteiger partial charge in [0.2, 0.25) is 0 Å². The van der Waals surface area contributed by atoms with Crippen LogP contribution in [0.1, 0.15) is 13.0 Å². The van der Waals surface area contributed by atoms with E-state index in [1.54, 1.807) is 19.3 Å². The van der Waals surface area contributed by atoms with Crippen molar-refractivity contribution in [3.63, 3.8) is 0 Å². The Morgan fingerprint density at radius 1 is 1.21 bits per heavy atom. The molecular weight excluding hydrogens is 541 g/mol. The topological polar surface area (TPSA) is 103 Å². The zero-order valence-electron chi connectivity index (χ0n) is 17.7. The summed E-state index contributed by atoms with van der Waals surface area (Å²) >= 11 is 4.66. The number of benzene rings is 1. The normalized spacial score (nSPS) is 25.0. The molecule has 3 heterocycles. The molecule has 0 bridgehead atoms. The number of aliphatic hydroxyl groups is 2. The summed E-state index contributed by atoms with van der Waals surface area (Å²) in [5.41, 5.74) is -0.635. The van der Waals surface area contributed by atoms with Crippen LogP contribution >= 0.6 is 27.7 Å². The van der Waals surface area contributed by atoms with Crippen LogP contribution in [0.5, 0.6) is 0 Å². The Bertz CT molecular complexity index is 1130. The van der Waals surface area contributed by atoms with Crippen LogP contribution in [0.4, 0.5) is 13.2 Å². The number of nitrogens with zero attached hydrogens (tertiary/aromatic N) is 4. The van der Waals surface area contributed by atoms with Gasteiger partial charge in [0.05, 0.1) is 12.8 Å². The molecule has 0 spiro atoms. The van der Waals surface area contributed by atoms with Crippen molar-refractivity contribution >= 4 is 27.7 Å². The lowest BCUT2D eigenvalue weighted by atomic mass is 9.97. The highest BCUT2D eigenvalue weighted by Crippen LogP contribution is 2.40. The molecule has 5 atom stereocenters. The molecule has 4 rings (SSSR count). The van der Waals surface area contributed by atoms with Crippen LogP contribution in [-0.4, -0.2) is 67.2 Å². The Labute approximate surface area is 205 Å². The fourth-order valence-corrected chi connectivity index (χ4v) is 5.35. The number of hydrogen-bond acceptors (Lipinski definition) is 8. The summed E-state index contributed by atoms with van der Waals surface area (Å²) in [6, 6.07) is 2.59. The Morgan fingerprint density at radius 3 is 2.59 bits per heavy atom. The molecule has 0 aliphatic carbocycles. The lowest BCUT2D eigenvalue weighted by molar-refractivity contribution is -0.191. The Morgan fingerprint density at radius 2 is 1.94 bits per heavy atom. The lowest BCUT2D eigenvalue weighted by Crippen LogP contribution is -2.55. The molecule has 2 N–H and O–H groups in total. The number of halogens is 4. The van der Waals surface area contributed by atoms with E-state index in [1.807, 2.05) is 6.07 Å². The molecule has 0 radical (unpaired) electrons. The van der Waals surface area contributed by atoms with Gasteiger partial charge in [-0.15, -0.1) is 5.10 Å². The fourth-order valence-electron chi connectivity index (χ4n) is 3.68. The SMILES string of the molecule is CCOC1[C@@H](Sc2cncc(Br)c2)OC(CO)[C@H](O)[C@@H]1n1cc(-c2cc(F)c(F)c(F)c2)nn1. The van der Waals surface area contributed by atoms with Crippen LogP contribution in [0.25, 0.3) is 11.3 Å². The van der Waals surface area contributed by atoms with Gasteiger partial charge in [-0.25, -0.2) is 17.9 Å². The first-order valence-electron chi connectivity index (χ1n) is 10.2. The van der Waals surface area contributed by atoms with Gasteiger partial charge >= 0.3 is 0 Å². The number of pyridine rings is 1. The standard InChI is InChI=1S/C21H20BrF3N4O4S/c1-2-32-20-18(29-8-15(27-28-29)10-3-13(23)17(25)14(24)4-10)19(31)16(9-30)33-21(20)34-12-5-11(22)6-26-7-12/h3-8,16,18-21,30-31H,2,9H2,1H3/t16?,18-,19-,20?,21+/m0/s1. The van der Waals surface area contributed by atoms with E-state index in [0.717, 1.165) is 21.5 Å². The minimum Gasteiger partial charge on any atom is -0.394 e. The lowest BCUT2D eigenvalue weighted by Gasteiger charge is -2.43. The number of rotatable bonds is 7. The molecule has 0 amide bonds. The van der Waals surface area contributed by atoms with E-state index in [-0.39, 0.29) is 17.9 Å². The van der Waals surface area contributed by atoms with Crippen molar-refractivity contribution < 1.29 is 32.9 Å². The van der Waals surface area contributed by atoms with E-state index in [4.69, 9.17) is 9.47 Å². The van der Waals surface area contributed by atoms with Gasteiger partial charge in [0.15, 0.2) is 17.5 Å². The first kappa shape index (κ1) is 25.1. The average molecular weight is 561 g/mol. The van der Waals surface area contributed by atoms with Crippen molar-refractivity contribution in [1.82, 2.24) is 20.0 Å². The van der Waals surface area contributed by atoms with Gasteiger partial charge in [0.25, 0.3) is 0 Å². The summed E-state index contributed by atoms with van der Waals surface area (Å²) < 4.78 is 54.7. The average Bonchev–Trinajstić information content (AvgIpc) is 3.29. The second kappa shape index (κ2) is 10.7. The van der Waals surface area contributed by atoms with Gasteiger partial charge in [-0.05, 0) is 41.1 Å². The number of aromatic nitrogens is 4. The summed E-state index contributed by atoms with van der Waals surface area (Å²) in [5.74, 6) is -4.30. The van der Waals surface area contributed by atoms with Gasteiger partial charge in [-0.3, -0.25) is 4.98 Å². The predicted octanol–water partition coefficient (Wildman–Crippen LogP) is 3.34. The third kappa shape index (κ3) is 5.14.